The number of nitrogens with zero attached hydrogens (tertiary/aromatic N) is 3. The van der Waals surface area contributed by atoms with Crippen molar-refractivity contribution in [2.45, 2.75) is 32.7 Å². The SMILES string of the molecule is CCc1nn(C)c(CN2CCCC(=O)C2)c1Cl. The summed E-state index contributed by atoms with van der Waals surface area (Å²) >= 11 is 6.29. The average molecular weight is 256 g/mol. The van der Waals surface area contributed by atoms with E-state index in [0.29, 0.717) is 18.9 Å². The third kappa shape index (κ3) is 2.69. The number of likely N-dealkylation sites (tertiary alicyclic amines) is 1. The molecule has 0 saturated carbocycles. The van der Waals surface area contributed by atoms with E-state index in [1.807, 2.05) is 18.7 Å². The fraction of sp³-hybridized carbons (Fsp3) is 0.667. The van der Waals surface area contributed by atoms with Crippen molar-refractivity contribution in [1.29, 1.82) is 0 Å². The van der Waals surface area contributed by atoms with Gasteiger partial charge in [-0.2, -0.15) is 5.10 Å². The number of ketones is 1. The molecule has 0 unspecified atom stereocenters. The van der Waals surface area contributed by atoms with Gasteiger partial charge >= 0.3 is 0 Å². The van der Waals surface area contributed by atoms with Crippen LogP contribution in [0.2, 0.25) is 5.02 Å². The summed E-state index contributed by atoms with van der Waals surface area (Å²) in [5.41, 5.74) is 1.95. The van der Waals surface area contributed by atoms with Gasteiger partial charge in [0.15, 0.2) is 0 Å². The number of carbonyl (C=O) groups excluding carboxylic acids is 1. The minimum atomic E-state index is 0.324. The molecule has 1 aliphatic rings. The molecule has 0 aliphatic carbocycles. The summed E-state index contributed by atoms with van der Waals surface area (Å²) in [5.74, 6) is 0.324. The molecule has 0 aromatic carbocycles. The fourth-order valence-corrected chi connectivity index (χ4v) is 2.60. The Morgan fingerprint density at radius 2 is 2.24 bits per heavy atom. The fourth-order valence-electron chi connectivity index (χ4n) is 2.25. The van der Waals surface area contributed by atoms with Crippen molar-refractivity contribution in [2.75, 3.05) is 13.1 Å². The Hall–Kier alpha value is -0.870. The number of hydrogen-bond acceptors (Lipinski definition) is 3. The second-order valence-electron chi connectivity index (χ2n) is 4.54. The van der Waals surface area contributed by atoms with Crippen molar-refractivity contribution in [3.05, 3.63) is 16.4 Å². The Balaban J connectivity index is 2.12. The molecule has 1 saturated heterocycles. The van der Waals surface area contributed by atoms with Crippen LogP contribution in [-0.4, -0.2) is 33.6 Å². The van der Waals surface area contributed by atoms with Crippen LogP contribution in [0.25, 0.3) is 0 Å². The van der Waals surface area contributed by atoms with E-state index in [2.05, 4.69) is 10.00 Å². The van der Waals surface area contributed by atoms with Crippen molar-refractivity contribution >= 4 is 17.4 Å². The Kier molecular flexibility index (Phi) is 3.84. The largest absolute Gasteiger partial charge is 0.298 e. The normalized spacial score (nSPS) is 17.7. The van der Waals surface area contributed by atoms with Gasteiger partial charge in [-0.25, -0.2) is 0 Å². The monoisotopic (exact) mass is 255 g/mol. The van der Waals surface area contributed by atoms with E-state index in [9.17, 15) is 4.79 Å². The molecule has 1 aromatic heterocycles. The van der Waals surface area contributed by atoms with Crippen LogP contribution in [-0.2, 0) is 24.8 Å². The van der Waals surface area contributed by atoms with Crippen molar-refractivity contribution in [2.24, 2.45) is 7.05 Å². The number of carbonyl (C=O) groups is 1. The van der Waals surface area contributed by atoms with Crippen LogP contribution in [0.3, 0.4) is 0 Å². The van der Waals surface area contributed by atoms with Crippen LogP contribution in [0.1, 0.15) is 31.2 Å². The van der Waals surface area contributed by atoms with Crippen LogP contribution < -0.4 is 0 Å². The molecule has 17 heavy (non-hydrogen) atoms. The highest BCUT2D eigenvalue weighted by atomic mass is 35.5. The predicted molar refractivity (Wildman–Crippen MR) is 67.1 cm³/mol. The molecule has 0 N–H and O–H groups in total. The van der Waals surface area contributed by atoms with E-state index in [-0.39, 0.29) is 0 Å². The van der Waals surface area contributed by atoms with Gasteiger partial charge in [-0.05, 0) is 19.4 Å². The number of aryl methyl sites for hydroxylation is 2. The molecule has 2 heterocycles. The Morgan fingerprint density at radius 3 is 2.82 bits per heavy atom. The number of piperidine rings is 1. The van der Waals surface area contributed by atoms with E-state index in [1.54, 1.807) is 0 Å². The molecular weight excluding hydrogens is 238 g/mol. The van der Waals surface area contributed by atoms with Crippen molar-refractivity contribution in [3.8, 4) is 0 Å². The molecule has 0 spiro atoms. The molecule has 0 radical (unpaired) electrons. The summed E-state index contributed by atoms with van der Waals surface area (Å²) in [6.07, 6.45) is 2.51. The molecule has 94 valence electrons. The van der Waals surface area contributed by atoms with Gasteiger partial charge in [-0.1, -0.05) is 18.5 Å². The van der Waals surface area contributed by atoms with Crippen LogP contribution in [0.15, 0.2) is 0 Å². The first-order valence-corrected chi connectivity index (χ1v) is 6.44. The topological polar surface area (TPSA) is 38.1 Å². The van der Waals surface area contributed by atoms with Gasteiger partial charge in [0.05, 0.1) is 23.0 Å². The molecular formula is C12H18ClN3O. The second-order valence-corrected chi connectivity index (χ2v) is 4.92. The minimum absolute atomic E-state index is 0.324. The number of aromatic nitrogens is 2. The second kappa shape index (κ2) is 5.19. The maximum atomic E-state index is 11.4. The molecule has 4 nitrogen and oxygen atoms in total. The molecule has 1 fully saturated rings. The zero-order valence-electron chi connectivity index (χ0n) is 10.4. The van der Waals surface area contributed by atoms with Crippen molar-refractivity contribution in [3.63, 3.8) is 0 Å². The highest BCUT2D eigenvalue weighted by Crippen LogP contribution is 2.23. The lowest BCUT2D eigenvalue weighted by Crippen LogP contribution is -2.35. The molecule has 1 aliphatic heterocycles. The van der Waals surface area contributed by atoms with E-state index in [1.165, 1.54) is 0 Å². The third-order valence-corrected chi connectivity index (χ3v) is 3.64. The lowest BCUT2D eigenvalue weighted by molar-refractivity contribution is -0.122. The molecule has 0 atom stereocenters. The van der Waals surface area contributed by atoms with Gasteiger partial charge in [0.2, 0.25) is 0 Å². The van der Waals surface area contributed by atoms with Gasteiger partial charge in [0.25, 0.3) is 0 Å². The molecule has 2 rings (SSSR count). The van der Waals surface area contributed by atoms with E-state index in [4.69, 9.17) is 11.6 Å². The Bertz CT molecular complexity index is 428. The van der Waals surface area contributed by atoms with E-state index >= 15 is 0 Å². The van der Waals surface area contributed by atoms with Crippen molar-refractivity contribution < 1.29 is 4.79 Å². The number of hydrogen-bond donors (Lipinski definition) is 0. The first-order chi connectivity index (χ1) is 8.11. The summed E-state index contributed by atoms with van der Waals surface area (Å²) < 4.78 is 1.83. The molecule has 1 aromatic rings. The first-order valence-electron chi connectivity index (χ1n) is 6.06. The predicted octanol–water partition coefficient (Wildman–Crippen LogP) is 1.80. The number of Topliss-reactive ketones (excluding diaryl/α,β-unsaturated/α-hetero) is 1. The Morgan fingerprint density at radius 1 is 1.47 bits per heavy atom. The lowest BCUT2D eigenvalue weighted by atomic mass is 10.1. The van der Waals surface area contributed by atoms with Crippen LogP contribution >= 0.6 is 11.6 Å². The van der Waals surface area contributed by atoms with Crippen molar-refractivity contribution in [1.82, 2.24) is 14.7 Å². The zero-order chi connectivity index (χ0) is 12.4. The zero-order valence-corrected chi connectivity index (χ0v) is 11.1. The van der Waals surface area contributed by atoms with Gasteiger partial charge in [-0.3, -0.25) is 14.4 Å². The lowest BCUT2D eigenvalue weighted by Gasteiger charge is -2.25. The quantitative estimate of drug-likeness (QED) is 0.827. The molecule has 0 amide bonds. The first kappa shape index (κ1) is 12.6. The molecule has 0 bridgehead atoms. The maximum absolute atomic E-state index is 11.4. The summed E-state index contributed by atoms with van der Waals surface area (Å²) in [4.78, 5) is 13.5. The summed E-state index contributed by atoms with van der Waals surface area (Å²) in [6.45, 7) is 4.27. The van der Waals surface area contributed by atoms with Gasteiger partial charge < -0.3 is 0 Å². The highest BCUT2D eigenvalue weighted by Gasteiger charge is 2.20. The van der Waals surface area contributed by atoms with E-state index < -0.39 is 0 Å². The summed E-state index contributed by atoms with van der Waals surface area (Å²) in [5, 5.41) is 5.14. The number of rotatable bonds is 3. The molecule has 5 heteroatoms. The van der Waals surface area contributed by atoms with E-state index in [0.717, 1.165) is 42.2 Å². The summed E-state index contributed by atoms with van der Waals surface area (Å²) in [6, 6.07) is 0. The third-order valence-electron chi connectivity index (χ3n) is 3.21. The Labute approximate surface area is 107 Å². The van der Waals surface area contributed by atoms with Crippen LogP contribution in [0, 0.1) is 0 Å². The average Bonchev–Trinajstić information content (AvgIpc) is 2.56. The number of halogens is 1. The standard InChI is InChI=1S/C12H18ClN3O/c1-3-10-12(13)11(15(2)14-10)8-16-6-4-5-9(17)7-16/h3-8H2,1-2H3. The minimum Gasteiger partial charge on any atom is -0.298 e. The highest BCUT2D eigenvalue weighted by molar-refractivity contribution is 6.31. The van der Waals surface area contributed by atoms with Gasteiger partial charge in [0.1, 0.15) is 5.78 Å². The summed E-state index contributed by atoms with van der Waals surface area (Å²) in [7, 11) is 1.91. The van der Waals surface area contributed by atoms with Crippen LogP contribution in [0.4, 0.5) is 0 Å². The van der Waals surface area contributed by atoms with Crippen LogP contribution in [0.5, 0.6) is 0 Å². The van der Waals surface area contributed by atoms with Gasteiger partial charge in [-0.15, -0.1) is 0 Å². The van der Waals surface area contributed by atoms with Gasteiger partial charge in [0, 0.05) is 20.0 Å². The maximum Gasteiger partial charge on any atom is 0.146 e. The smallest absolute Gasteiger partial charge is 0.146 e.